The molecule has 0 spiro atoms. The summed E-state index contributed by atoms with van der Waals surface area (Å²) in [7, 11) is 0. The Hall–Kier alpha value is -4.20. The lowest BCUT2D eigenvalue weighted by molar-refractivity contribution is 0.462. The molecule has 5 aromatic rings. The van der Waals surface area contributed by atoms with E-state index in [-0.39, 0.29) is 5.95 Å². The fourth-order valence-electron chi connectivity index (χ4n) is 2.80. The summed E-state index contributed by atoms with van der Waals surface area (Å²) in [5.41, 5.74) is 8.41. The molecule has 136 valence electrons. The van der Waals surface area contributed by atoms with Gasteiger partial charge in [-0.1, -0.05) is 6.07 Å². The highest BCUT2D eigenvalue weighted by Gasteiger charge is 2.13. The van der Waals surface area contributed by atoms with Crippen molar-refractivity contribution in [1.29, 1.82) is 0 Å². The van der Waals surface area contributed by atoms with Crippen LogP contribution in [0.2, 0.25) is 0 Å². The van der Waals surface area contributed by atoms with Crippen LogP contribution in [0.5, 0.6) is 11.6 Å². The molecule has 4 aromatic heterocycles. The van der Waals surface area contributed by atoms with Crippen LogP contribution >= 0.6 is 0 Å². The van der Waals surface area contributed by atoms with Gasteiger partial charge in [0.15, 0.2) is 11.4 Å². The van der Waals surface area contributed by atoms with Crippen molar-refractivity contribution in [3.8, 4) is 34.5 Å². The Bertz CT molecular complexity index is 1230. The molecule has 0 aliphatic heterocycles. The predicted molar refractivity (Wildman–Crippen MR) is 103 cm³/mol. The lowest BCUT2D eigenvalue weighted by Gasteiger charge is -2.07. The molecule has 0 unspecified atom stereocenters. The van der Waals surface area contributed by atoms with E-state index in [1.54, 1.807) is 30.7 Å². The lowest BCUT2D eigenvalue weighted by Crippen LogP contribution is -2.03. The van der Waals surface area contributed by atoms with Crippen molar-refractivity contribution in [3.05, 3.63) is 73.1 Å². The van der Waals surface area contributed by atoms with Crippen LogP contribution in [-0.4, -0.2) is 24.6 Å². The first-order valence-electron chi connectivity index (χ1n) is 8.53. The van der Waals surface area contributed by atoms with Crippen molar-refractivity contribution < 1.29 is 9.15 Å². The molecule has 0 aliphatic carbocycles. The molecule has 0 bridgehead atoms. The fourth-order valence-corrected chi connectivity index (χ4v) is 2.80. The Morgan fingerprint density at radius 2 is 1.86 bits per heavy atom. The topological polar surface area (TPSA) is 104 Å². The maximum Gasteiger partial charge on any atom is 0.226 e. The molecule has 4 heterocycles. The Kier molecular flexibility index (Phi) is 3.72. The quantitative estimate of drug-likeness (QED) is 0.513. The molecule has 5 rings (SSSR count). The maximum atomic E-state index is 6.01. The number of fused-ring (bicyclic) bond motifs is 1. The Labute approximate surface area is 159 Å². The number of anilines is 1. The number of nitrogens with zero attached hydrogens (tertiary/aromatic N) is 5. The second-order valence-electron chi connectivity index (χ2n) is 5.98. The van der Waals surface area contributed by atoms with Gasteiger partial charge in [-0.3, -0.25) is 4.98 Å². The largest absolute Gasteiger partial charge is 0.461 e. The van der Waals surface area contributed by atoms with E-state index in [4.69, 9.17) is 14.9 Å². The normalized spacial score (nSPS) is 11.0. The minimum Gasteiger partial charge on any atom is -0.461 e. The summed E-state index contributed by atoms with van der Waals surface area (Å²) >= 11 is 0. The van der Waals surface area contributed by atoms with Crippen LogP contribution < -0.4 is 10.5 Å². The average Bonchev–Trinajstić information content (AvgIpc) is 3.39. The third-order valence-corrected chi connectivity index (χ3v) is 4.11. The van der Waals surface area contributed by atoms with Crippen molar-refractivity contribution in [3.63, 3.8) is 0 Å². The molecular weight excluding hydrogens is 356 g/mol. The number of ether oxygens (including phenoxy) is 1. The first kappa shape index (κ1) is 16.0. The van der Waals surface area contributed by atoms with Crippen molar-refractivity contribution in [2.24, 2.45) is 0 Å². The van der Waals surface area contributed by atoms with E-state index in [0.29, 0.717) is 28.9 Å². The highest BCUT2D eigenvalue weighted by molar-refractivity contribution is 5.60. The third kappa shape index (κ3) is 2.92. The van der Waals surface area contributed by atoms with E-state index < -0.39 is 0 Å². The Morgan fingerprint density at radius 3 is 2.61 bits per heavy atom. The van der Waals surface area contributed by atoms with Gasteiger partial charge < -0.3 is 14.9 Å². The Balaban J connectivity index is 1.43. The Morgan fingerprint density at radius 1 is 0.964 bits per heavy atom. The van der Waals surface area contributed by atoms with Crippen molar-refractivity contribution in [2.75, 3.05) is 5.73 Å². The van der Waals surface area contributed by atoms with Gasteiger partial charge in [-0.15, -0.1) is 5.10 Å². The van der Waals surface area contributed by atoms with Gasteiger partial charge in [-0.2, -0.15) is 9.50 Å². The van der Waals surface area contributed by atoms with Crippen LogP contribution in [0.3, 0.4) is 0 Å². The highest BCUT2D eigenvalue weighted by atomic mass is 16.5. The number of benzene rings is 1. The van der Waals surface area contributed by atoms with Crippen LogP contribution in [0.15, 0.2) is 77.5 Å². The number of nitrogen functional groups attached to an aromatic ring is 1. The minimum absolute atomic E-state index is 0.169. The molecule has 8 heteroatoms. The summed E-state index contributed by atoms with van der Waals surface area (Å²) in [5, 5.41) is 4.31. The second-order valence-corrected chi connectivity index (χ2v) is 5.98. The van der Waals surface area contributed by atoms with E-state index in [0.717, 1.165) is 11.3 Å². The van der Waals surface area contributed by atoms with E-state index in [1.165, 1.54) is 4.52 Å². The van der Waals surface area contributed by atoms with Crippen LogP contribution in [0.4, 0.5) is 5.95 Å². The van der Waals surface area contributed by atoms with E-state index >= 15 is 0 Å². The monoisotopic (exact) mass is 370 g/mol. The van der Waals surface area contributed by atoms with Crippen LogP contribution in [0.25, 0.3) is 28.5 Å². The zero-order valence-corrected chi connectivity index (χ0v) is 14.6. The van der Waals surface area contributed by atoms with Gasteiger partial charge in [0.25, 0.3) is 0 Å². The molecule has 0 saturated heterocycles. The molecule has 0 aliphatic rings. The first-order valence-corrected chi connectivity index (χ1v) is 8.53. The smallest absolute Gasteiger partial charge is 0.226 e. The molecule has 0 atom stereocenters. The molecule has 0 amide bonds. The zero-order chi connectivity index (χ0) is 18.9. The highest BCUT2D eigenvalue weighted by Crippen LogP contribution is 2.26. The standard InChI is InChI=1S/C20H14N6O2/c21-20-24-18(12-17-23-19(25-26(17)20)16-5-3-11-27-16)28-14-8-6-13(7-9-14)15-4-1-2-10-22-15/h1-12H,(H2,21,24). The summed E-state index contributed by atoms with van der Waals surface area (Å²) in [6.45, 7) is 0. The number of aromatic nitrogens is 5. The SMILES string of the molecule is Nc1nc(Oc2ccc(-c3ccccn3)cc2)cc2nc(-c3ccco3)nn12. The number of hydrogen-bond donors (Lipinski definition) is 1. The average molecular weight is 370 g/mol. The third-order valence-electron chi connectivity index (χ3n) is 4.11. The molecule has 0 radical (unpaired) electrons. The lowest BCUT2D eigenvalue weighted by atomic mass is 10.1. The summed E-state index contributed by atoms with van der Waals surface area (Å²) in [6, 6.07) is 18.6. The van der Waals surface area contributed by atoms with Crippen LogP contribution in [-0.2, 0) is 0 Å². The first-order chi connectivity index (χ1) is 13.8. The van der Waals surface area contributed by atoms with Crippen LogP contribution in [0, 0.1) is 0 Å². The zero-order valence-electron chi connectivity index (χ0n) is 14.6. The maximum absolute atomic E-state index is 6.01. The number of pyridine rings is 1. The molecule has 0 fully saturated rings. The summed E-state index contributed by atoms with van der Waals surface area (Å²) in [4.78, 5) is 13.0. The van der Waals surface area contributed by atoms with Gasteiger partial charge in [-0.25, -0.2) is 4.98 Å². The summed E-state index contributed by atoms with van der Waals surface area (Å²) in [5.74, 6) is 2.10. The van der Waals surface area contributed by atoms with E-state index in [2.05, 4.69) is 20.1 Å². The number of furan rings is 1. The number of nitrogens with two attached hydrogens (primary N) is 1. The van der Waals surface area contributed by atoms with Crippen molar-refractivity contribution in [2.45, 2.75) is 0 Å². The van der Waals surface area contributed by atoms with Gasteiger partial charge in [-0.05, 0) is 48.5 Å². The molecule has 1 aromatic carbocycles. The van der Waals surface area contributed by atoms with Gasteiger partial charge in [0, 0.05) is 17.8 Å². The van der Waals surface area contributed by atoms with Gasteiger partial charge in [0.2, 0.25) is 17.7 Å². The van der Waals surface area contributed by atoms with Gasteiger partial charge in [0.05, 0.1) is 12.0 Å². The van der Waals surface area contributed by atoms with E-state index in [1.807, 2.05) is 42.5 Å². The number of hydrogen-bond acceptors (Lipinski definition) is 7. The summed E-state index contributed by atoms with van der Waals surface area (Å²) in [6.07, 6.45) is 3.32. The molecule has 28 heavy (non-hydrogen) atoms. The number of rotatable bonds is 4. The van der Waals surface area contributed by atoms with Gasteiger partial charge >= 0.3 is 0 Å². The molecule has 0 saturated carbocycles. The molecule has 2 N–H and O–H groups in total. The molecular formula is C20H14N6O2. The molecule has 8 nitrogen and oxygen atoms in total. The van der Waals surface area contributed by atoms with Crippen molar-refractivity contribution in [1.82, 2.24) is 24.6 Å². The van der Waals surface area contributed by atoms with Gasteiger partial charge in [0.1, 0.15) is 5.75 Å². The predicted octanol–water partition coefficient (Wildman–Crippen LogP) is 3.82. The summed E-state index contributed by atoms with van der Waals surface area (Å²) < 4.78 is 12.6. The van der Waals surface area contributed by atoms with Crippen LogP contribution in [0.1, 0.15) is 0 Å². The van der Waals surface area contributed by atoms with E-state index in [9.17, 15) is 0 Å². The van der Waals surface area contributed by atoms with Crippen molar-refractivity contribution >= 4 is 11.6 Å². The second kappa shape index (κ2) is 6.51. The fraction of sp³-hybridized carbons (Fsp3) is 0. The minimum atomic E-state index is 0.169.